The molecular weight excluding hydrogens is 499 g/mol. The molecule has 2 heterocycles. The summed E-state index contributed by atoms with van der Waals surface area (Å²) >= 11 is 0. The molecule has 4 rings (SSSR count). The Kier molecular flexibility index (Phi) is 5.73. The molecule has 1 saturated carbocycles. The average Bonchev–Trinajstić information content (AvgIpc) is 3.05. The predicted octanol–water partition coefficient (Wildman–Crippen LogP) is 4.24. The van der Waals surface area contributed by atoms with Crippen LogP contribution in [-0.4, -0.2) is 56.0 Å². The van der Waals surface area contributed by atoms with Crippen molar-refractivity contribution in [2.45, 2.75) is 55.7 Å². The minimum atomic E-state index is -4.71. The van der Waals surface area contributed by atoms with E-state index >= 15 is 0 Å². The summed E-state index contributed by atoms with van der Waals surface area (Å²) in [4.78, 5) is 14.5. The number of likely N-dealkylation sites (tertiary alicyclic amines) is 1. The van der Waals surface area contributed by atoms with Crippen molar-refractivity contribution in [3.05, 3.63) is 40.8 Å². The first-order chi connectivity index (χ1) is 15.9. The lowest BCUT2D eigenvalue weighted by Crippen LogP contribution is -2.35. The summed E-state index contributed by atoms with van der Waals surface area (Å²) in [5, 5.41) is 3.85. The Morgan fingerprint density at radius 1 is 1.29 bits per heavy atom. The van der Waals surface area contributed by atoms with E-state index in [0.717, 1.165) is 31.4 Å². The summed E-state index contributed by atoms with van der Waals surface area (Å²) in [6, 6.07) is 3.08. The minimum Gasteiger partial charge on any atom is -0.480 e. The smallest absolute Gasteiger partial charge is 0.425 e. The third-order valence-electron chi connectivity index (χ3n) is 6.60. The van der Waals surface area contributed by atoms with Gasteiger partial charge in [-0.2, -0.15) is 22.0 Å². The standard InChI is InChI=1S/C22H23F5N2O5S/c1-11-17(28-34-18(11)20(3,23)24)21-8-13(21)9-29(10-21)19(30)15-7-14(35(4,31)32)5-6-16(15)33-12(2)22(25,26)27/h5-7,12-13H,8-10H2,1-4H3. The molecule has 7 nitrogen and oxygen atoms in total. The number of aromatic nitrogens is 1. The second kappa shape index (κ2) is 7.90. The van der Waals surface area contributed by atoms with Gasteiger partial charge in [-0.05, 0) is 44.4 Å². The van der Waals surface area contributed by atoms with Gasteiger partial charge in [-0.15, -0.1) is 0 Å². The van der Waals surface area contributed by atoms with Gasteiger partial charge in [-0.3, -0.25) is 4.79 Å². The topological polar surface area (TPSA) is 89.7 Å². The van der Waals surface area contributed by atoms with Crippen molar-refractivity contribution >= 4 is 15.7 Å². The van der Waals surface area contributed by atoms with E-state index in [-0.39, 0.29) is 35.0 Å². The molecule has 2 aliphatic rings. The molecule has 3 atom stereocenters. The maximum atomic E-state index is 13.8. The van der Waals surface area contributed by atoms with Crippen LogP contribution in [0.15, 0.2) is 27.6 Å². The molecule has 1 aromatic carbocycles. The van der Waals surface area contributed by atoms with E-state index in [2.05, 4.69) is 5.16 Å². The lowest BCUT2D eigenvalue weighted by molar-refractivity contribution is -0.189. The number of carbonyl (C=O) groups excluding carboxylic acids is 1. The molecule has 3 unspecified atom stereocenters. The summed E-state index contributed by atoms with van der Waals surface area (Å²) < 4.78 is 101. The molecule has 1 aromatic heterocycles. The van der Waals surface area contributed by atoms with Gasteiger partial charge in [0.15, 0.2) is 15.9 Å². The molecule has 35 heavy (non-hydrogen) atoms. The fourth-order valence-corrected chi connectivity index (χ4v) is 5.30. The highest BCUT2D eigenvalue weighted by atomic mass is 32.2. The second-order valence-electron chi connectivity index (χ2n) is 9.35. The quantitative estimate of drug-likeness (QED) is 0.528. The fourth-order valence-electron chi connectivity index (χ4n) is 4.65. The molecule has 2 aromatic rings. The molecule has 0 bridgehead atoms. The van der Waals surface area contributed by atoms with Crippen LogP contribution >= 0.6 is 0 Å². The first-order valence-corrected chi connectivity index (χ1v) is 12.6. The summed E-state index contributed by atoms with van der Waals surface area (Å²) in [5.74, 6) is -5.04. The fraction of sp³-hybridized carbons (Fsp3) is 0.545. The number of piperidine rings is 1. The Bertz CT molecular complexity index is 1280. The second-order valence-corrected chi connectivity index (χ2v) is 11.4. The Balaban J connectivity index is 1.66. The molecule has 192 valence electrons. The maximum Gasteiger partial charge on any atom is 0.425 e. The van der Waals surface area contributed by atoms with Gasteiger partial charge in [0, 0.05) is 37.2 Å². The van der Waals surface area contributed by atoms with E-state index in [1.54, 1.807) is 0 Å². The highest BCUT2D eigenvalue weighted by molar-refractivity contribution is 7.90. The summed E-state index contributed by atoms with van der Waals surface area (Å²) in [5.41, 5.74) is -0.530. The Morgan fingerprint density at radius 2 is 1.94 bits per heavy atom. The molecule has 13 heteroatoms. The maximum absolute atomic E-state index is 13.8. The van der Waals surface area contributed by atoms with Crippen LogP contribution in [0.1, 0.15) is 47.6 Å². The van der Waals surface area contributed by atoms with E-state index in [9.17, 15) is 35.2 Å². The van der Waals surface area contributed by atoms with E-state index in [4.69, 9.17) is 9.26 Å². The molecular formula is C22H23F5N2O5S. The van der Waals surface area contributed by atoms with Crippen LogP contribution in [0.4, 0.5) is 22.0 Å². The number of hydrogen-bond acceptors (Lipinski definition) is 6. The van der Waals surface area contributed by atoms with Crippen molar-refractivity contribution < 1.29 is 44.4 Å². The molecule has 0 radical (unpaired) electrons. The van der Waals surface area contributed by atoms with Crippen molar-refractivity contribution in [2.75, 3.05) is 19.3 Å². The largest absolute Gasteiger partial charge is 0.480 e. The molecule has 1 aliphatic heterocycles. The molecule has 1 aliphatic carbocycles. The van der Waals surface area contributed by atoms with Gasteiger partial charge in [-0.1, -0.05) is 5.16 Å². The molecule has 1 saturated heterocycles. The van der Waals surface area contributed by atoms with Crippen molar-refractivity contribution in [2.24, 2.45) is 5.92 Å². The number of halogens is 5. The number of rotatable bonds is 6. The first-order valence-electron chi connectivity index (χ1n) is 10.7. The number of ether oxygens (including phenoxy) is 1. The number of alkyl halides is 5. The Labute approximate surface area is 198 Å². The monoisotopic (exact) mass is 522 g/mol. The van der Waals surface area contributed by atoms with Crippen LogP contribution in [0.25, 0.3) is 0 Å². The van der Waals surface area contributed by atoms with Crippen LogP contribution in [-0.2, 0) is 21.2 Å². The Hall–Kier alpha value is -2.70. The van der Waals surface area contributed by atoms with Crippen molar-refractivity contribution in [3.8, 4) is 5.75 Å². The van der Waals surface area contributed by atoms with E-state index < -0.39 is 50.9 Å². The van der Waals surface area contributed by atoms with Crippen molar-refractivity contribution in [1.82, 2.24) is 10.1 Å². The van der Waals surface area contributed by atoms with Gasteiger partial charge in [0.1, 0.15) is 5.75 Å². The van der Waals surface area contributed by atoms with Gasteiger partial charge < -0.3 is 14.2 Å². The summed E-state index contributed by atoms with van der Waals surface area (Å²) in [6.45, 7) is 3.19. The molecule has 1 amide bonds. The number of fused-ring (bicyclic) bond motifs is 1. The van der Waals surface area contributed by atoms with Crippen LogP contribution in [0.3, 0.4) is 0 Å². The highest BCUT2D eigenvalue weighted by Crippen LogP contribution is 2.60. The number of hydrogen-bond donors (Lipinski definition) is 0. The van der Waals surface area contributed by atoms with Gasteiger partial charge in [0.25, 0.3) is 5.91 Å². The first kappa shape index (κ1) is 25.4. The van der Waals surface area contributed by atoms with E-state index in [1.165, 1.54) is 11.8 Å². The molecule has 0 spiro atoms. The molecule has 2 fully saturated rings. The van der Waals surface area contributed by atoms with Gasteiger partial charge in [-0.25, -0.2) is 8.42 Å². The number of benzene rings is 1. The summed E-state index contributed by atoms with van der Waals surface area (Å²) in [6.07, 6.45) is -5.47. The van der Waals surface area contributed by atoms with Crippen LogP contribution in [0.5, 0.6) is 5.75 Å². The zero-order valence-corrected chi connectivity index (χ0v) is 20.1. The SMILES string of the molecule is Cc1c(C23CC2CN(C(=O)c2cc(S(C)(=O)=O)ccc2OC(C)C(F)(F)F)C3)noc1C(C)(F)F. The van der Waals surface area contributed by atoms with Gasteiger partial charge in [0.05, 0.1) is 16.2 Å². The van der Waals surface area contributed by atoms with Gasteiger partial charge in [0.2, 0.25) is 5.76 Å². The summed E-state index contributed by atoms with van der Waals surface area (Å²) in [7, 11) is -3.77. The third kappa shape index (κ3) is 4.50. The van der Waals surface area contributed by atoms with Gasteiger partial charge >= 0.3 is 12.1 Å². The third-order valence-corrected chi connectivity index (χ3v) is 7.71. The zero-order valence-electron chi connectivity index (χ0n) is 19.2. The van der Waals surface area contributed by atoms with E-state index in [1.807, 2.05) is 0 Å². The van der Waals surface area contributed by atoms with Crippen molar-refractivity contribution in [1.29, 1.82) is 0 Å². The number of nitrogens with zero attached hydrogens (tertiary/aromatic N) is 2. The minimum absolute atomic E-state index is 0.0654. The van der Waals surface area contributed by atoms with Crippen LogP contribution in [0, 0.1) is 12.8 Å². The Morgan fingerprint density at radius 3 is 2.49 bits per heavy atom. The normalized spacial score (nSPS) is 23.2. The lowest BCUT2D eigenvalue weighted by atomic mass is 9.96. The average molecular weight is 522 g/mol. The molecule has 0 N–H and O–H groups in total. The predicted molar refractivity (Wildman–Crippen MR) is 112 cm³/mol. The van der Waals surface area contributed by atoms with Crippen LogP contribution in [0.2, 0.25) is 0 Å². The van der Waals surface area contributed by atoms with Crippen molar-refractivity contribution in [3.63, 3.8) is 0 Å². The lowest BCUT2D eigenvalue weighted by Gasteiger charge is -2.24. The zero-order chi connectivity index (χ0) is 26.1. The van der Waals surface area contributed by atoms with E-state index in [0.29, 0.717) is 19.0 Å². The highest BCUT2D eigenvalue weighted by Gasteiger charge is 2.64. The number of sulfone groups is 1. The van der Waals surface area contributed by atoms with Crippen LogP contribution < -0.4 is 4.74 Å². The number of amides is 1. The number of carbonyl (C=O) groups is 1.